The third-order valence-corrected chi connectivity index (χ3v) is 5.82. The molecule has 0 spiro atoms. The van der Waals surface area contributed by atoms with Gasteiger partial charge in [0.05, 0.1) is 30.5 Å². The molecule has 1 aromatic carbocycles. The number of anilines is 1. The van der Waals surface area contributed by atoms with Crippen molar-refractivity contribution in [3.63, 3.8) is 0 Å². The molecule has 0 radical (unpaired) electrons. The maximum Gasteiger partial charge on any atom is 0.352 e. The molecule has 3 N–H and O–H groups in total. The molecule has 1 saturated heterocycles. The normalized spacial score (nSPS) is 18.6. The van der Waals surface area contributed by atoms with E-state index in [1.54, 1.807) is 22.8 Å². The van der Waals surface area contributed by atoms with Crippen molar-refractivity contribution in [1.29, 1.82) is 0 Å². The number of ether oxygens (including phenoxy) is 1. The van der Waals surface area contributed by atoms with E-state index in [-0.39, 0.29) is 47.0 Å². The Morgan fingerprint density at radius 1 is 1.36 bits per heavy atom. The van der Waals surface area contributed by atoms with Gasteiger partial charge in [-0.15, -0.1) is 0 Å². The Morgan fingerprint density at radius 3 is 2.79 bits per heavy atom. The van der Waals surface area contributed by atoms with Crippen LogP contribution in [0.5, 0.6) is 0 Å². The zero-order valence-electron chi connectivity index (χ0n) is 18.5. The van der Waals surface area contributed by atoms with Gasteiger partial charge < -0.3 is 24.8 Å². The molecule has 10 heteroatoms. The molecule has 2 atom stereocenters. The lowest BCUT2D eigenvalue weighted by molar-refractivity contribution is -0.0136. The van der Waals surface area contributed by atoms with E-state index in [0.717, 1.165) is 6.20 Å². The fraction of sp³-hybridized carbons (Fsp3) is 0.391. The molecule has 33 heavy (non-hydrogen) atoms. The van der Waals surface area contributed by atoms with Crippen LogP contribution in [0.15, 0.2) is 29.2 Å². The Kier molecular flexibility index (Phi) is 6.13. The van der Waals surface area contributed by atoms with Crippen molar-refractivity contribution in [2.75, 3.05) is 18.5 Å². The number of pyridine rings is 1. The summed E-state index contributed by atoms with van der Waals surface area (Å²) >= 11 is 0. The van der Waals surface area contributed by atoms with E-state index in [2.05, 4.69) is 15.3 Å². The maximum atomic E-state index is 14.7. The van der Waals surface area contributed by atoms with Crippen LogP contribution in [0.1, 0.15) is 42.4 Å². The summed E-state index contributed by atoms with van der Waals surface area (Å²) in [6.45, 7) is 5.79. The molecule has 3 heterocycles. The SMILES string of the molecule is Cc1c(C(=O)O)n(C(C)C)c2cc(-c3nc(N[C@@H]4CCOC[C@H]4O)ncc3F)ccc2c1=O. The number of fused-ring (bicyclic) bond motifs is 1. The van der Waals surface area contributed by atoms with E-state index in [1.165, 1.54) is 6.92 Å². The average molecular weight is 456 g/mol. The summed E-state index contributed by atoms with van der Waals surface area (Å²) < 4.78 is 21.5. The number of carboxylic acid groups (broad SMARTS) is 1. The zero-order chi connectivity index (χ0) is 23.9. The van der Waals surface area contributed by atoms with E-state index >= 15 is 0 Å². The van der Waals surface area contributed by atoms with Gasteiger partial charge in [-0.25, -0.2) is 19.2 Å². The van der Waals surface area contributed by atoms with E-state index in [4.69, 9.17) is 4.74 Å². The number of benzene rings is 1. The van der Waals surface area contributed by atoms with Crippen LogP contribution in [0.3, 0.4) is 0 Å². The number of halogens is 1. The van der Waals surface area contributed by atoms with Gasteiger partial charge in [0.25, 0.3) is 0 Å². The van der Waals surface area contributed by atoms with Crippen LogP contribution in [0, 0.1) is 12.7 Å². The van der Waals surface area contributed by atoms with Crippen molar-refractivity contribution in [3.8, 4) is 11.3 Å². The molecule has 3 aromatic rings. The molecule has 0 amide bonds. The highest BCUT2D eigenvalue weighted by Crippen LogP contribution is 2.28. The van der Waals surface area contributed by atoms with Crippen LogP contribution in [-0.4, -0.2) is 56.1 Å². The molecule has 9 nitrogen and oxygen atoms in total. The van der Waals surface area contributed by atoms with Crippen molar-refractivity contribution in [3.05, 3.63) is 51.7 Å². The quantitative estimate of drug-likeness (QED) is 0.535. The molecule has 2 aromatic heterocycles. The number of nitrogens with zero attached hydrogens (tertiary/aromatic N) is 3. The number of aromatic nitrogens is 3. The third-order valence-electron chi connectivity index (χ3n) is 5.82. The average Bonchev–Trinajstić information content (AvgIpc) is 2.78. The zero-order valence-corrected chi connectivity index (χ0v) is 18.5. The van der Waals surface area contributed by atoms with Gasteiger partial charge in [0.1, 0.15) is 11.4 Å². The van der Waals surface area contributed by atoms with Crippen LogP contribution in [0.4, 0.5) is 10.3 Å². The molecular weight excluding hydrogens is 431 g/mol. The summed E-state index contributed by atoms with van der Waals surface area (Å²) in [5.74, 6) is -1.73. The Hall–Kier alpha value is -3.37. The number of carboxylic acids is 1. The second-order valence-electron chi connectivity index (χ2n) is 8.38. The van der Waals surface area contributed by atoms with Gasteiger partial charge in [0, 0.05) is 29.2 Å². The van der Waals surface area contributed by atoms with Gasteiger partial charge in [-0.05, 0) is 39.3 Å². The minimum absolute atomic E-state index is 0.00356. The molecule has 1 aliphatic heterocycles. The van der Waals surface area contributed by atoms with Crippen molar-refractivity contribution >= 4 is 22.8 Å². The van der Waals surface area contributed by atoms with Crippen molar-refractivity contribution < 1.29 is 24.1 Å². The number of nitrogens with one attached hydrogen (secondary N) is 1. The fourth-order valence-electron chi connectivity index (χ4n) is 4.18. The molecule has 1 fully saturated rings. The van der Waals surface area contributed by atoms with Crippen molar-refractivity contribution in [1.82, 2.24) is 14.5 Å². The highest BCUT2D eigenvalue weighted by Gasteiger charge is 2.25. The predicted molar refractivity (Wildman–Crippen MR) is 120 cm³/mol. The molecule has 0 aliphatic carbocycles. The van der Waals surface area contributed by atoms with Crippen LogP contribution >= 0.6 is 0 Å². The lowest BCUT2D eigenvalue weighted by atomic mass is 10.0. The standard InChI is InChI=1S/C23H25FN4O5/c1-11(2)28-17-8-13(4-5-14(17)21(30)12(3)20(28)22(31)32)19-15(24)9-25-23(27-19)26-16-6-7-33-10-18(16)29/h4-5,8-9,11,16,18,29H,6-7,10H2,1-3H3,(H,31,32)(H,25,26,27)/t16-,18-/m1/s1. The molecule has 0 saturated carbocycles. The van der Waals surface area contributed by atoms with Gasteiger partial charge in [-0.2, -0.15) is 0 Å². The monoisotopic (exact) mass is 456 g/mol. The summed E-state index contributed by atoms with van der Waals surface area (Å²) in [7, 11) is 0. The van der Waals surface area contributed by atoms with Crippen LogP contribution in [-0.2, 0) is 4.74 Å². The summed E-state index contributed by atoms with van der Waals surface area (Å²) in [6.07, 6.45) is 0.841. The first kappa shape index (κ1) is 22.8. The largest absolute Gasteiger partial charge is 0.477 e. The lowest BCUT2D eigenvalue weighted by Gasteiger charge is -2.28. The smallest absolute Gasteiger partial charge is 0.352 e. The summed E-state index contributed by atoms with van der Waals surface area (Å²) in [4.78, 5) is 33.0. The Bertz CT molecular complexity index is 1290. The number of hydrogen-bond donors (Lipinski definition) is 3. The van der Waals surface area contributed by atoms with Crippen LogP contribution in [0.25, 0.3) is 22.2 Å². The molecule has 1 aliphatic rings. The minimum atomic E-state index is -1.21. The number of hydrogen-bond acceptors (Lipinski definition) is 7. The van der Waals surface area contributed by atoms with E-state index in [0.29, 0.717) is 29.5 Å². The molecule has 174 valence electrons. The van der Waals surface area contributed by atoms with Crippen LogP contribution < -0.4 is 10.7 Å². The topological polar surface area (TPSA) is 127 Å². The number of rotatable bonds is 5. The highest BCUT2D eigenvalue weighted by atomic mass is 19.1. The Labute approximate surface area is 188 Å². The van der Waals surface area contributed by atoms with Crippen molar-refractivity contribution in [2.45, 2.75) is 45.4 Å². The number of aliphatic hydroxyl groups is 1. The van der Waals surface area contributed by atoms with Gasteiger partial charge in [0.2, 0.25) is 5.95 Å². The lowest BCUT2D eigenvalue weighted by Crippen LogP contribution is -2.42. The molecule has 0 unspecified atom stereocenters. The Balaban J connectivity index is 1.85. The molecule has 4 rings (SSSR count). The summed E-state index contributed by atoms with van der Waals surface area (Å²) in [5, 5.41) is 23.2. The van der Waals surface area contributed by atoms with Crippen molar-refractivity contribution in [2.24, 2.45) is 0 Å². The minimum Gasteiger partial charge on any atom is -0.477 e. The van der Waals surface area contributed by atoms with Gasteiger partial charge in [-0.3, -0.25) is 4.79 Å². The second-order valence-corrected chi connectivity index (χ2v) is 8.38. The van der Waals surface area contributed by atoms with Gasteiger partial charge >= 0.3 is 5.97 Å². The fourth-order valence-corrected chi connectivity index (χ4v) is 4.18. The Morgan fingerprint density at radius 2 is 2.12 bits per heavy atom. The van der Waals surface area contributed by atoms with E-state index in [9.17, 15) is 24.2 Å². The molecular formula is C23H25FN4O5. The molecule has 0 bridgehead atoms. The summed E-state index contributed by atoms with van der Waals surface area (Å²) in [5.41, 5.74) is 0.403. The van der Waals surface area contributed by atoms with E-state index in [1.807, 2.05) is 13.8 Å². The number of aliphatic hydroxyl groups excluding tert-OH is 1. The summed E-state index contributed by atoms with van der Waals surface area (Å²) in [6, 6.07) is 4.10. The van der Waals surface area contributed by atoms with Gasteiger partial charge in [-0.1, -0.05) is 6.07 Å². The predicted octanol–water partition coefficient (Wildman–Crippen LogP) is 2.75. The third kappa shape index (κ3) is 4.19. The highest BCUT2D eigenvalue weighted by molar-refractivity contribution is 5.93. The van der Waals surface area contributed by atoms with Crippen LogP contribution in [0.2, 0.25) is 0 Å². The number of carbonyl (C=O) groups is 1. The van der Waals surface area contributed by atoms with Gasteiger partial charge in [0.15, 0.2) is 11.2 Å². The first-order valence-electron chi connectivity index (χ1n) is 10.7. The first-order valence-corrected chi connectivity index (χ1v) is 10.7. The second kappa shape index (κ2) is 8.87. The number of aromatic carboxylic acids is 1. The maximum absolute atomic E-state index is 14.7. The first-order chi connectivity index (χ1) is 15.7. The van der Waals surface area contributed by atoms with E-state index < -0.39 is 17.9 Å².